The Morgan fingerprint density at radius 1 is 1.22 bits per heavy atom. The van der Waals surface area contributed by atoms with Crippen molar-refractivity contribution in [1.29, 1.82) is 0 Å². The maximum atomic E-state index is 11.5. The predicted octanol–water partition coefficient (Wildman–Crippen LogP) is 3.85. The molecule has 3 nitrogen and oxygen atoms in total. The lowest BCUT2D eigenvalue weighted by molar-refractivity contribution is 0.0698. The zero-order chi connectivity index (χ0) is 13.6. The van der Waals surface area contributed by atoms with Crippen LogP contribution in [0, 0.1) is 20.8 Å². The van der Waals surface area contributed by atoms with Crippen molar-refractivity contribution in [1.82, 2.24) is 4.57 Å². The van der Waals surface area contributed by atoms with E-state index in [1.54, 1.807) is 0 Å². The molecule has 0 amide bonds. The third-order valence-corrected chi connectivity index (χ3v) is 3.67. The molecule has 0 aliphatic heterocycles. The molecule has 0 radical (unpaired) electrons. The lowest BCUT2D eigenvalue weighted by atomic mass is 10.0. The number of carbonyl (C=O) groups is 1. The fourth-order valence-electron chi connectivity index (χ4n) is 2.70. The Labute approximate surface area is 107 Å². The van der Waals surface area contributed by atoms with E-state index in [0.717, 1.165) is 22.2 Å². The van der Waals surface area contributed by atoms with Crippen LogP contribution in [0.4, 0.5) is 0 Å². The summed E-state index contributed by atoms with van der Waals surface area (Å²) in [4.78, 5) is 11.5. The molecule has 0 fully saturated rings. The van der Waals surface area contributed by atoms with Crippen LogP contribution in [0.25, 0.3) is 10.9 Å². The number of benzene rings is 1. The van der Waals surface area contributed by atoms with Crippen LogP contribution < -0.4 is 0 Å². The Morgan fingerprint density at radius 3 is 2.33 bits per heavy atom. The minimum Gasteiger partial charge on any atom is -0.478 e. The molecule has 2 rings (SSSR count). The number of hydrogen-bond acceptors (Lipinski definition) is 1. The van der Waals surface area contributed by atoms with Crippen molar-refractivity contribution in [3.05, 3.63) is 34.5 Å². The summed E-state index contributed by atoms with van der Waals surface area (Å²) in [6, 6.07) is 4.17. The van der Waals surface area contributed by atoms with Gasteiger partial charge in [0.05, 0.1) is 11.1 Å². The molecule has 18 heavy (non-hydrogen) atoms. The molecule has 1 aromatic heterocycles. The molecule has 1 N–H and O–H groups in total. The summed E-state index contributed by atoms with van der Waals surface area (Å²) in [7, 11) is 0. The van der Waals surface area contributed by atoms with E-state index >= 15 is 0 Å². The second-order valence-corrected chi connectivity index (χ2v) is 5.13. The molecule has 0 unspecified atom stereocenters. The van der Waals surface area contributed by atoms with Crippen molar-refractivity contribution in [2.45, 2.75) is 40.7 Å². The highest BCUT2D eigenvalue weighted by Gasteiger charge is 2.20. The van der Waals surface area contributed by atoms with E-state index in [-0.39, 0.29) is 6.04 Å². The molecule has 0 aliphatic rings. The average molecular weight is 245 g/mol. The van der Waals surface area contributed by atoms with Gasteiger partial charge in [-0.3, -0.25) is 0 Å². The van der Waals surface area contributed by atoms with Gasteiger partial charge in [-0.15, -0.1) is 0 Å². The highest BCUT2D eigenvalue weighted by Crippen LogP contribution is 2.32. The summed E-state index contributed by atoms with van der Waals surface area (Å²) in [5.41, 5.74) is 4.41. The van der Waals surface area contributed by atoms with Crippen molar-refractivity contribution >= 4 is 16.9 Å². The molecule has 96 valence electrons. The first-order valence-corrected chi connectivity index (χ1v) is 6.20. The summed E-state index contributed by atoms with van der Waals surface area (Å²) in [5, 5.41) is 10.5. The van der Waals surface area contributed by atoms with E-state index in [1.807, 2.05) is 19.1 Å². The van der Waals surface area contributed by atoms with Crippen molar-refractivity contribution in [3.63, 3.8) is 0 Å². The SMILES string of the molecule is Cc1ccc2c(C)c(C)n(C(C)C)c2c1C(=O)O. The lowest BCUT2D eigenvalue weighted by Gasteiger charge is -2.15. The first-order chi connectivity index (χ1) is 8.36. The molecule has 1 heterocycles. The van der Waals surface area contributed by atoms with Gasteiger partial charge in [0.1, 0.15) is 0 Å². The van der Waals surface area contributed by atoms with Crippen molar-refractivity contribution in [3.8, 4) is 0 Å². The standard InChI is InChI=1S/C15H19NO2/c1-8(2)16-11(5)10(4)12-7-6-9(3)13(14(12)16)15(17)18/h6-8H,1-5H3,(H,17,18). The van der Waals surface area contributed by atoms with Crippen LogP contribution in [0.5, 0.6) is 0 Å². The van der Waals surface area contributed by atoms with Gasteiger partial charge >= 0.3 is 5.97 Å². The molecule has 0 atom stereocenters. The largest absolute Gasteiger partial charge is 0.478 e. The molecule has 2 aromatic rings. The van der Waals surface area contributed by atoms with Crippen molar-refractivity contribution < 1.29 is 9.90 Å². The number of aryl methyl sites for hydroxylation is 2. The number of carboxylic acids is 1. The molecule has 1 aromatic carbocycles. The number of aromatic carboxylic acids is 1. The second-order valence-electron chi connectivity index (χ2n) is 5.13. The van der Waals surface area contributed by atoms with E-state index < -0.39 is 5.97 Å². The number of hydrogen-bond donors (Lipinski definition) is 1. The van der Waals surface area contributed by atoms with Gasteiger partial charge in [0, 0.05) is 17.1 Å². The number of aromatic nitrogens is 1. The summed E-state index contributed by atoms with van der Waals surface area (Å²) >= 11 is 0. The zero-order valence-electron chi connectivity index (χ0n) is 11.5. The number of carboxylic acid groups (broad SMARTS) is 1. The van der Waals surface area contributed by atoms with Gasteiger partial charge in [-0.2, -0.15) is 0 Å². The first-order valence-electron chi connectivity index (χ1n) is 6.20. The molecule has 0 aliphatic carbocycles. The smallest absolute Gasteiger partial charge is 0.338 e. The van der Waals surface area contributed by atoms with Crippen LogP contribution in [0.2, 0.25) is 0 Å². The third kappa shape index (κ3) is 1.62. The van der Waals surface area contributed by atoms with E-state index in [4.69, 9.17) is 0 Å². The van der Waals surface area contributed by atoms with Gasteiger partial charge in [-0.1, -0.05) is 12.1 Å². The third-order valence-electron chi connectivity index (χ3n) is 3.67. The van der Waals surface area contributed by atoms with Gasteiger partial charge in [0.15, 0.2) is 0 Å². The van der Waals surface area contributed by atoms with Crippen LogP contribution in [-0.2, 0) is 0 Å². The van der Waals surface area contributed by atoms with Crippen LogP contribution in [0.15, 0.2) is 12.1 Å². The maximum absolute atomic E-state index is 11.5. The number of fused-ring (bicyclic) bond motifs is 1. The maximum Gasteiger partial charge on any atom is 0.338 e. The van der Waals surface area contributed by atoms with Gasteiger partial charge < -0.3 is 9.67 Å². The van der Waals surface area contributed by atoms with E-state index in [1.165, 1.54) is 5.56 Å². The van der Waals surface area contributed by atoms with E-state index in [2.05, 4.69) is 32.3 Å². The van der Waals surface area contributed by atoms with Crippen LogP contribution in [-0.4, -0.2) is 15.6 Å². The second kappa shape index (κ2) is 4.16. The first kappa shape index (κ1) is 12.7. The Kier molecular flexibility index (Phi) is 2.93. The summed E-state index contributed by atoms with van der Waals surface area (Å²) in [6.07, 6.45) is 0. The average Bonchev–Trinajstić information content (AvgIpc) is 2.51. The molecule has 3 heteroatoms. The van der Waals surface area contributed by atoms with E-state index in [9.17, 15) is 9.90 Å². The highest BCUT2D eigenvalue weighted by atomic mass is 16.4. The van der Waals surface area contributed by atoms with Crippen molar-refractivity contribution in [2.75, 3.05) is 0 Å². The Hall–Kier alpha value is -1.77. The van der Waals surface area contributed by atoms with Crippen LogP contribution in [0.1, 0.15) is 47.1 Å². The Balaban J connectivity index is 3.04. The Morgan fingerprint density at radius 2 is 1.83 bits per heavy atom. The number of rotatable bonds is 2. The quantitative estimate of drug-likeness (QED) is 0.873. The normalized spacial score (nSPS) is 11.4. The molecule has 0 spiro atoms. The van der Waals surface area contributed by atoms with Gasteiger partial charge in [0.25, 0.3) is 0 Å². The molecule has 0 saturated carbocycles. The van der Waals surface area contributed by atoms with E-state index in [0.29, 0.717) is 5.56 Å². The highest BCUT2D eigenvalue weighted by molar-refractivity contribution is 6.05. The molecule has 0 bridgehead atoms. The van der Waals surface area contributed by atoms with Gasteiger partial charge in [0.2, 0.25) is 0 Å². The molecular formula is C15H19NO2. The molecular weight excluding hydrogens is 226 g/mol. The zero-order valence-corrected chi connectivity index (χ0v) is 11.5. The Bertz CT molecular complexity index is 636. The summed E-state index contributed by atoms with van der Waals surface area (Å²) in [5.74, 6) is -0.850. The van der Waals surface area contributed by atoms with Crippen LogP contribution >= 0.6 is 0 Å². The van der Waals surface area contributed by atoms with Crippen LogP contribution in [0.3, 0.4) is 0 Å². The molecule has 0 saturated heterocycles. The fraction of sp³-hybridized carbons (Fsp3) is 0.400. The van der Waals surface area contributed by atoms with Gasteiger partial charge in [-0.25, -0.2) is 4.79 Å². The summed E-state index contributed by atoms with van der Waals surface area (Å²) in [6.45, 7) is 10.1. The minimum atomic E-state index is -0.850. The fourth-order valence-corrected chi connectivity index (χ4v) is 2.70. The van der Waals surface area contributed by atoms with Gasteiger partial charge in [-0.05, 0) is 45.7 Å². The minimum absolute atomic E-state index is 0.251. The monoisotopic (exact) mass is 245 g/mol. The number of nitrogens with zero attached hydrogens (tertiary/aromatic N) is 1. The lowest BCUT2D eigenvalue weighted by Crippen LogP contribution is -2.08. The topological polar surface area (TPSA) is 42.2 Å². The predicted molar refractivity (Wildman–Crippen MR) is 73.5 cm³/mol. The summed E-state index contributed by atoms with van der Waals surface area (Å²) < 4.78 is 2.13. The van der Waals surface area contributed by atoms with Crippen molar-refractivity contribution in [2.24, 2.45) is 0 Å².